The van der Waals surface area contributed by atoms with Gasteiger partial charge in [-0.3, -0.25) is 4.79 Å². The number of hydrogen-bond acceptors (Lipinski definition) is 6. The number of methoxy groups -OCH3 is 1. The number of nitrogen functional groups attached to an aromatic ring is 1. The number of likely N-dealkylation sites (N-methyl/N-ethyl adjacent to an activating group) is 1. The molecule has 1 aliphatic heterocycles. The van der Waals surface area contributed by atoms with Crippen molar-refractivity contribution in [1.82, 2.24) is 15.2 Å². The Kier molecular flexibility index (Phi) is 5.56. The lowest BCUT2D eigenvalue weighted by Gasteiger charge is -2.32. The Balaban J connectivity index is 1.86. The van der Waals surface area contributed by atoms with E-state index in [0.717, 1.165) is 53.9 Å². The van der Waals surface area contributed by atoms with Crippen molar-refractivity contribution in [3.8, 4) is 0 Å². The molecule has 0 radical (unpaired) electrons. The highest BCUT2D eigenvalue weighted by Crippen LogP contribution is 2.35. The Labute approximate surface area is 152 Å². The molecule has 0 aromatic carbocycles. The molecule has 7 heteroatoms. The summed E-state index contributed by atoms with van der Waals surface area (Å²) in [5.74, 6) is -0.0931. The molecule has 3 N–H and O–H groups in total. The number of nitrogens with zero attached hydrogens (tertiary/aromatic N) is 2. The van der Waals surface area contributed by atoms with Crippen LogP contribution in [0.1, 0.15) is 40.7 Å². The summed E-state index contributed by atoms with van der Waals surface area (Å²) in [6.45, 7) is 7.57. The van der Waals surface area contributed by atoms with E-state index in [1.165, 1.54) is 11.3 Å². The van der Waals surface area contributed by atoms with Crippen LogP contribution in [0.2, 0.25) is 0 Å². The molecule has 136 valence electrons. The van der Waals surface area contributed by atoms with Crippen molar-refractivity contribution in [3.63, 3.8) is 0 Å². The first kappa shape index (κ1) is 18.1. The first-order valence-corrected chi connectivity index (χ1v) is 9.55. The number of pyridine rings is 1. The van der Waals surface area contributed by atoms with Crippen molar-refractivity contribution in [1.29, 1.82) is 0 Å². The minimum absolute atomic E-state index is 0.0931. The third-order valence-electron chi connectivity index (χ3n) is 4.70. The Bertz CT molecular complexity index is 774. The van der Waals surface area contributed by atoms with Crippen molar-refractivity contribution in [2.75, 3.05) is 32.5 Å². The number of nitrogens with two attached hydrogens (primary N) is 1. The van der Waals surface area contributed by atoms with Gasteiger partial charge in [0.2, 0.25) is 0 Å². The SMILES string of the molecule is CCN1CCC[C@@H](NC(=O)c2sc3nc(C)cc(COC)c3c2N)C1. The highest BCUT2D eigenvalue weighted by molar-refractivity contribution is 7.21. The van der Waals surface area contributed by atoms with Crippen LogP contribution in [-0.4, -0.2) is 48.6 Å². The average molecular weight is 362 g/mol. The second kappa shape index (κ2) is 7.68. The van der Waals surface area contributed by atoms with Gasteiger partial charge in [0.25, 0.3) is 5.91 Å². The minimum Gasteiger partial charge on any atom is -0.397 e. The molecule has 0 aliphatic carbocycles. The molecular weight excluding hydrogens is 336 g/mol. The number of carbonyl (C=O) groups excluding carboxylic acids is 1. The predicted octanol–water partition coefficient (Wildman–Crippen LogP) is 2.55. The summed E-state index contributed by atoms with van der Waals surface area (Å²) >= 11 is 1.36. The fraction of sp³-hybridized carbons (Fsp3) is 0.556. The number of rotatable bonds is 5. The van der Waals surface area contributed by atoms with Crippen LogP contribution in [0.15, 0.2) is 6.07 Å². The molecule has 1 atom stereocenters. The molecule has 1 amide bonds. The van der Waals surface area contributed by atoms with Gasteiger partial charge in [-0.1, -0.05) is 6.92 Å². The normalized spacial score (nSPS) is 18.6. The van der Waals surface area contributed by atoms with Crippen molar-refractivity contribution in [2.45, 2.75) is 39.3 Å². The van der Waals surface area contributed by atoms with Crippen LogP contribution in [-0.2, 0) is 11.3 Å². The Morgan fingerprint density at radius 3 is 3.08 bits per heavy atom. The summed E-state index contributed by atoms with van der Waals surface area (Å²) in [5, 5.41) is 4.01. The molecule has 25 heavy (non-hydrogen) atoms. The van der Waals surface area contributed by atoms with Gasteiger partial charge in [-0.05, 0) is 44.5 Å². The number of aryl methyl sites for hydroxylation is 1. The van der Waals surface area contributed by atoms with E-state index < -0.39 is 0 Å². The van der Waals surface area contributed by atoms with Gasteiger partial charge >= 0.3 is 0 Å². The van der Waals surface area contributed by atoms with Crippen molar-refractivity contribution in [2.24, 2.45) is 0 Å². The van der Waals surface area contributed by atoms with Crippen LogP contribution >= 0.6 is 11.3 Å². The van der Waals surface area contributed by atoms with Gasteiger partial charge < -0.3 is 20.7 Å². The fourth-order valence-corrected chi connectivity index (χ4v) is 4.58. The first-order chi connectivity index (χ1) is 12.0. The molecule has 0 bridgehead atoms. The number of nitrogens with one attached hydrogen (secondary N) is 1. The van der Waals surface area contributed by atoms with Crippen LogP contribution < -0.4 is 11.1 Å². The Morgan fingerprint density at radius 1 is 1.56 bits per heavy atom. The lowest BCUT2D eigenvalue weighted by Crippen LogP contribution is -2.47. The zero-order valence-corrected chi connectivity index (χ0v) is 15.9. The number of thiophene rings is 1. The maximum absolute atomic E-state index is 12.8. The van der Waals surface area contributed by atoms with Crippen LogP contribution in [0.4, 0.5) is 5.69 Å². The topological polar surface area (TPSA) is 80.5 Å². The number of fused-ring (bicyclic) bond motifs is 1. The number of hydrogen-bond donors (Lipinski definition) is 2. The zero-order chi connectivity index (χ0) is 18.0. The lowest BCUT2D eigenvalue weighted by molar-refractivity contribution is 0.0911. The van der Waals surface area contributed by atoms with E-state index in [0.29, 0.717) is 17.2 Å². The number of carbonyl (C=O) groups is 1. The average Bonchev–Trinajstić information content (AvgIpc) is 2.92. The molecule has 0 spiro atoms. The van der Waals surface area contributed by atoms with Crippen molar-refractivity contribution >= 4 is 33.1 Å². The van der Waals surface area contributed by atoms with Gasteiger partial charge in [0.15, 0.2) is 0 Å². The molecular formula is C18H26N4O2S. The number of piperidine rings is 1. The summed E-state index contributed by atoms with van der Waals surface area (Å²) in [4.78, 5) is 21.1. The molecule has 2 aromatic heterocycles. The first-order valence-electron chi connectivity index (χ1n) is 8.74. The third kappa shape index (κ3) is 3.78. The van der Waals surface area contributed by atoms with E-state index in [1.54, 1.807) is 7.11 Å². The standard InChI is InChI=1S/C18H26N4O2S/c1-4-22-7-5-6-13(9-22)21-17(23)16-15(19)14-12(10-24-3)8-11(2)20-18(14)25-16/h8,13H,4-7,9-10,19H2,1-3H3,(H,21,23)/t13-/m1/s1. The van der Waals surface area contributed by atoms with Gasteiger partial charge in [-0.25, -0.2) is 4.98 Å². The molecule has 1 fully saturated rings. The molecule has 1 aliphatic rings. The monoisotopic (exact) mass is 362 g/mol. The Morgan fingerprint density at radius 2 is 2.36 bits per heavy atom. The molecule has 6 nitrogen and oxygen atoms in total. The number of amides is 1. The smallest absolute Gasteiger partial charge is 0.263 e. The second-order valence-electron chi connectivity index (χ2n) is 6.59. The van der Waals surface area contributed by atoms with Crippen molar-refractivity contribution < 1.29 is 9.53 Å². The maximum atomic E-state index is 12.8. The van der Waals surface area contributed by atoms with E-state index in [4.69, 9.17) is 10.5 Å². The number of anilines is 1. The molecule has 0 saturated carbocycles. The van der Waals surface area contributed by atoms with E-state index in [9.17, 15) is 4.79 Å². The molecule has 3 rings (SSSR count). The van der Waals surface area contributed by atoms with Crippen LogP contribution in [0, 0.1) is 6.92 Å². The van der Waals surface area contributed by atoms with Crippen LogP contribution in [0.3, 0.4) is 0 Å². The number of likely N-dealkylation sites (tertiary alicyclic amines) is 1. The summed E-state index contributed by atoms with van der Waals surface area (Å²) in [6.07, 6.45) is 2.12. The molecule has 2 aromatic rings. The van der Waals surface area contributed by atoms with Gasteiger partial charge in [-0.2, -0.15) is 0 Å². The molecule has 0 unspecified atom stereocenters. The van der Waals surface area contributed by atoms with Crippen LogP contribution in [0.5, 0.6) is 0 Å². The minimum atomic E-state index is -0.0931. The summed E-state index contributed by atoms with van der Waals surface area (Å²) in [6, 6.07) is 2.15. The van der Waals surface area contributed by atoms with E-state index in [-0.39, 0.29) is 11.9 Å². The van der Waals surface area contributed by atoms with Gasteiger partial charge in [0.1, 0.15) is 9.71 Å². The fourth-order valence-electron chi connectivity index (χ4n) is 3.49. The highest BCUT2D eigenvalue weighted by Gasteiger charge is 2.24. The highest BCUT2D eigenvalue weighted by atomic mass is 32.1. The number of ether oxygens (including phenoxy) is 1. The van der Waals surface area contributed by atoms with E-state index in [1.807, 2.05) is 13.0 Å². The van der Waals surface area contributed by atoms with Gasteiger partial charge in [0, 0.05) is 30.8 Å². The predicted molar refractivity (Wildman–Crippen MR) is 102 cm³/mol. The largest absolute Gasteiger partial charge is 0.397 e. The van der Waals surface area contributed by atoms with Crippen LogP contribution in [0.25, 0.3) is 10.2 Å². The van der Waals surface area contributed by atoms with Gasteiger partial charge in [-0.15, -0.1) is 11.3 Å². The van der Waals surface area contributed by atoms with Gasteiger partial charge in [0.05, 0.1) is 12.3 Å². The van der Waals surface area contributed by atoms with Crippen molar-refractivity contribution in [3.05, 3.63) is 22.2 Å². The molecule has 3 heterocycles. The molecule has 1 saturated heterocycles. The van der Waals surface area contributed by atoms with E-state index >= 15 is 0 Å². The second-order valence-corrected chi connectivity index (χ2v) is 7.59. The number of aromatic nitrogens is 1. The summed E-state index contributed by atoms with van der Waals surface area (Å²) in [5.41, 5.74) is 8.72. The summed E-state index contributed by atoms with van der Waals surface area (Å²) < 4.78 is 5.28. The maximum Gasteiger partial charge on any atom is 0.263 e. The lowest BCUT2D eigenvalue weighted by atomic mass is 10.1. The Hall–Kier alpha value is -1.70. The van der Waals surface area contributed by atoms with E-state index in [2.05, 4.69) is 22.1 Å². The quantitative estimate of drug-likeness (QED) is 0.854. The summed E-state index contributed by atoms with van der Waals surface area (Å²) in [7, 11) is 1.65. The zero-order valence-electron chi connectivity index (χ0n) is 15.1. The third-order valence-corrected chi connectivity index (χ3v) is 5.80.